The first-order valence-electron chi connectivity index (χ1n) is 9.82. The van der Waals surface area contributed by atoms with Crippen molar-refractivity contribution in [3.63, 3.8) is 0 Å². The molecule has 0 saturated heterocycles. The second-order valence-corrected chi connectivity index (χ2v) is 7.76. The van der Waals surface area contributed by atoms with Crippen molar-refractivity contribution in [2.24, 2.45) is 4.99 Å². The summed E-state index contributed by atoms with van der Waals surface area (Å²) in [6.45, 7) is 13.1. The topological polar surface area (TPSA) is 18.8 Å². The molecule has 0 unspecified atom stereocenters. The van der Waals surface area contributed by atoms with Crippen LogP contribution in [0, 0.1) is 0 Å². The summed E-state index contributed by atoms with van der Waals surface area (Å²) in [6.07, 6.45) is 4.29. The number of hydrogen-bond donors (Lipinski definition) is 0. The fourth-order valence-electron chi connectivity index (χ4n) is 3.74. The fraction of sp³-hybridized carbons (Fsp3) is 0.375. The molecule has 142 valence electrons. The van der Waals surface area contributed by atoms with Crippen molar-refractivity contribution in [3.05, 3.63) is 59.7 Å². The molecular weight excluding hydrogens is 330 g/mol. The molecule has 0 saturated carbocycles. The maximum Gasteiger partial charge on any atom is 0.0631 e. The van der Waals surface area contributed by atoms with E-state index < -0.39 is 0 Å². The Labute approximate surface area is 164 Å². The van der Waals surface area contributed by atoms with Crippen LogP contribution in [0.3, 0.4) is 0 Å². The van der Waals surface area contributed by atoms with Crippen LogP contribution in [-0.2, 0) is 0 Å². The van der Waals surface area contributed by atoms with Crippen LogP contribution in [0.4, 0.5) is 17.1 Å². The summed E-state index contributed by atoms with van der Waals surface area (Å²) in [5.74, 6) is 0. The van der Waals surface area contributed by atoms with Gasteiger partial charge in [-0.05, 0) is 82.2 Å². The van der Waals surface area contributed by atoms with E-state index in [2.05, 4.69) is 105 Å². The molecule has 1 aliphatic rings. The number of nitrogens with zero attached hydrogens (tertiary/aromatic N) is 3. The zero-order valence-electron chi connectivity index (χ0n) is 17.5. The first-order chi connectivity index (χ1) is 12.9. The Balaban J connectivity index is 1.82. The Morgan fingerprint density at radius 2 is 1.70 bits per heavy atom. The molecule has 0 atom stereocenters. The molecule has 3 nitrogen and oxygen atoms in total. The van der Waals surface area contributed by atoms with Gasteiger partial charge >= 0.3 is 0 Å². The Morgan fingerprint density at radius 1 is 1.04 bits per heavy atom. The molecule has 0 spiro atoms. The van der Waals surface area contributed by atoms with E-state index in [1.165, 1.54) is 22.5 Å². The number of allylic oxidation sites excluding steroid dienone is 1. The highest BCUT2D eigenvalue weighted by atomic mass is 15.2. The largest absolute Gasteiger partial charge is 0.372 e. The molecule has 27 heavy (non-hydrogen) atoms. The van der Waals surface area contributed by atoms with Gasteiger partial charge in [-0.25, -0.2) is 0 Å². The van der Waals surface area contributed by atoms with Crippen molar-refractivity contribution in [3.8, 4) is 0 Å². The standard InChI is InChI=1S/C24H31N3/c1-7-27(8-2)21-12-10-20(11-13-21)25-17-19-9-14-23-22(15-19)18(3)16-24(4,5)26(23)6/h9-17H,7-8H2,1-6H3. The molecule has 0 N–H and O–H groups in total. The molecule has 0 fully saturated rings. The van der Waals surface area contributed by atoms with Gasteiger partial charge in [-0.2, -0.15) is 0 Å². The third-order valence-corrected chi connectivity index (χ3v) is 5.58. The van der Waals surface area contributed by atoms with E-state index in [0.29, 0.717) is 0 Å². The van der Waals surface area contributed by atoms with Crippen LogP contribution in [0.5, 0.6) is 0 Å². The Morgan fingerprint density at radius 3 is 2.33 bits per heavy atom. The summed E-state index contributed by atoms with van der Waals surface area (Å²) in [5, 5.41) is 0. The average molecular weight is 362 g/mol. The summed E-state index contributed by atoms with van der Waals surface area (Å²) in [5.41, 5.74) is 7.29. The highest BCUT2D eigenvalue weighted by molar-refractivity contribution is 5.88. The second kappa shape index (κ2) is 7.59. The first kappa shape index (κ1) is 19.2. The van der Waals surface area contributed by atoms with Gasteiger partial charge in [-0.15, -0.1) is 0 Å². The Bertz CT molecular complexity index is 856. The van der Waals surface area contributed by atoms with Crippen LogP contribution < -0.4 is 9.80 Å². The predicted molar refractivity (Wildman–Crippen MR) is 120 cm³/mol. The molecule has 0 aromatic heterocycles. The number of benzene rings is 2. The zero-order chi connectivity index (χ0) is 19.6. The van der Waals surface area contributed by atoms with E-state index in [9.17, 15) is 0 Å². The summed E-state index contributed by atoms with van der Waals surface area (Å²) in [7, 11) is 2.16. The van der Waals surface area contributed by atoms with Crippen molar-refractivity contribution in [1.82, 2.24) is 0 Å². The van der Waals surface area contributed by atoms with Gasteiger partial charge in [0.1, 0.15) is 0 Å². The van der Waals surface area contributed by atoms with Gasteiger partial charge in [0.2, 0.25) is 0 Å². The van der Waals surface area contributed by atoms with Gasteiger partial charge < -0.3 is 9.80 Å². The molecule has 2 aromatic rings. The van der Waals surface area contributed by atoms with Crippen molar-refractivity contribution in [2.45, 2.75) is 40.2 Å². The maximum absolute atomic E-state index is 4.67. The monoisotopic (exact) mass is 361 g/mol. The molecule has 0 aliphatic carbocycles. The van der Waals surface area contributed by atoms with Gasteiger partial charge in [0.25, 0.3) is 0 Å². The minimum Gasteiger partial charge on any atom is -0.372 e. The molecule has 0 amide bonds. The predicted octanol–water partition coefficient (Wildman–Crippen LogP) is 5.92. The van der Waals surface area contributed by atoms with Gasteiger partial charge in [0, 0.05) is 43.3 Å². The fourth-order valence-corrected chi connectivity index (χ4v) is 3.74. The SMILES string of the molecule is CCN(CC)c1ccc(N=Cc2ccc3c(c2)C(C)=CC(C)(C)N3C)cc1. The van der Waals surface area contributed by atoms with Crippen LogP contribution in [0.2, 0.25) is 0 Å². The molecule has 1 aliphatic heterocycles. The lowest BCUT2D eigenvalue weighted by Crippen LogP contribution is -2.42. The van der Waals surface area contributed by atoms with E-state index in [1.807, 2.05) is 6.21 Å². The molecule has 2 aromatic carbocycles. The summed E-state index contributed by atoms with van der Waals surface area (Å²) in [6, 6.07) is 15.1. The minimum atomic E-state index is 0.0410. The van der Waals surface area contributed by atoms with Crippen LogP contribution in [0.1, 0.15) is 45.7 Å². The summed E-state index contributed by atoms with van der Waals surface area (Å²) >= 11 is 0. The van der Waals surface area contributed by atoms with Crippen molar-refractivity contribution in [2.75, 3.05) is 29.9 Å². The van der Waals surface area contributed by atoms with Crippen molar-refractivity contribution < 1.29 is 0 Å². The van der Waals surface area contributed by atoms with Crippen LogP contribution in [0.15, 0.2) is 53.5 Å². The van der Waals surface area contributed by atoms with Crippen molar-refractivity contribution in [1.29, 1.82) is 0 Å². The summed E-state index contributed by atoms with van der Waals surface area (Å²) < 4.78 is 0. The average Bonchev–Trinajstić information content (AvgIpc) is 2.66. The minimum absolute atomic E-state index is 0.0410. The Kier molecular flexibility index (Phi) is 5.41. The van der Waals surface area contributed by atoms with Gasteiger partial charge in [-0.3, -0.25) is 4.99 Å². The molecule has 3 heteroatoms. The Hall–Kier alpha value is -2.55. The van der Waals surface area contributed by atoms with E-state index in [-0.39, 0.29) is 5.54 Å². The smallest absolute Gasteiger partial charge is 0.0631 e. The molecule has 3 rings (SSSR count). The van der Waals surface area contributed by atoms with E-state index >= 15 is 0 Å². The first-order valence-corrected chi connectivity index (χ1v) is 9.82. The van der Waals surface area contributed by atoms with Crippen LogP contribution >= 0.6 is 0 Å². The summed E-state index contributed by atoms with van der Waals surface area (Å²) in [4.78, 5) is 9.35. The number of likely N-dealkylation sites (N-methyl/N-ethyl adjacent to an activating group) is 1. The maximum atomic E-state index is 4.67. The lowest BCUT2D eigenvalue weighted by molar-refractivity contribution is 0.598. The van der Waals surface area contributed by atoms with Gasteiger partial charge in [0.15, 0.2) is 0 Å². The lowest BCUT2D eigenvalue weighted by atomic mass is 9.89. The number of hydrogen-bond acceptors (Lipinski definition) is 3. The number of aliphatic imine (C=N–C) groups is 1. The van der Waals surface area contributed by atoms with E-state index in [0.717, 1.165) is 24.3 Å². The van der Waals surface area contributed by atoms with E-state index in [4.69, 9.17) is 0 Å². The number of rotatable bonds is 5. The quantitative estimate of drug-likeness (QED) is 0.616. The highest BCUT2D eigenvalue weighted by Gasteiger charge is 2.28. The van der Waals surface area contributed by atoms with Crippen molar-refractivity contribution >= 4 is 28.8 Å². The van der Waals surface area contributed by atoms with E-state index in [1.54, 1.807) is 0 Å². The lowest BCUT2D eigenvalue weighted by Gasteiger charge is -2.40. The van der Waals surface area contributed by atoms with Crippen LogP contribution in [0.25, 0.3) is 5.57 Å². The highest BCUT2D eigenvalue weighted by Crippen LogP contribution is 2.38. The second-order valence-electron chi connectivity index (χ2n) is 7.76. The van der Waals surface area contributed by atoms with Crippen LogP contribution in [-0.4, -0.2) is 31.9 Å². The van der Waals surface area contributed by atoms with Gasteiger partial charge in [0.05, 0.1) is 11.2 Å². The van der Waals surface area contributed by atoms with Gasteiger partial charge in [-0.1, -0.05) is 12.1 Å². The molecule has 0 radical (unpaired) electrons. The third kappa shape index (κ3) is 3.92. The number of fused-ring (bicyclic) bond motifs is 1. The molecule has 1 heterocycles. The molecule has 0 bridgehead atoms. The third-order valence-electron chi connectivity index (χ3n) is 5.58. The normalized spacial score (nSPS) is 15.6. The molecular formula is C24H31N3. The number of anilines is 2. The zero-order valence-corrected chi connectivity index (χ0v) is 17.5.